The normalized spacial score (nSPS) is 10.3. The third-order valence-corrected chi connectivity index (χ3v) is 2.45. The van der Waals surface area contributed by atoms with Gasteiger partial charge >= 0.3 is 0 Å². The van der Waals surface area contributed by atoms with Crippen LogP contribution in [0.4, 0.5) is 4.39 Å². The molecule has 2 N–H and O–H groups in total. The second-order valence-corrected chi connectivity index (χ2v) is 3.27. The molecule has 0 bridgehead atoms. The van der Waals surface area contributed by atoms with Gasteiger partial charge in [-0.2, -0.15) is 0 Å². The fourth-order valence-corrected chi connectivity index (χ4v) is 1.45. The second-order valence-electron chi connectivity index (χ2n) is 2.48. The molecule has 66 valence electrons. The summed E-state index contributed by atoms with van der Waals surface area (Å²) >= 11 is 3.12. The standard InChI is InChI=1S/C8H9BrFNO/c1-5-2-3-6(4-12-11)7(9)8(5)10/h2-3H,4,11H2,1H3. The van der Waals surface area contributed by atoms with Gasteiger partial charge in [0, 0.05) is 0 Å². The van der Waals surface area contributed by atoms with Crippen LogP contribution in [0.5, 0.6) is 0 Å². The Balaban J connectivity index is 3.08. The highest BCUT2D eigenvalue weighted by atomic mass is 79.9. The van der Waals surface area contributed by atoms with Crippen LogP contribution in [0.2, 0.25) is 0 Å². The number of rotatable bonds is 2. The highest BCUT2D eigenvalue weighted by Crippen LogP contribution is 2.23. The Morgan fingerprint density at radius 1 is 1.58 bits per heavy atom. The number of aryl methyl sites for hydroxylation is 1. The van der Waals surface area contributed by atoms with E-state index in [2.05, 4.69) is 20.8 Å². The predicted molar refractivity (Wildman–Crippen MR) is 47.8 cm³/mol. The predicted octanol–water partition coefficient (Wildman–Crippen LogP) is 2.29. The Morgan fingerprint density at radius 3 is 2.83 bits per heavy atom. The first-order valence-electron chi connectivity index (χ1n) is 3.42. The van der Waals surface area contributed by atoms with Crippen LogP contribution in [-0.2, 0) is 11.4 Å². The molecule has 0 fully saturated rings. The summed E-state index contributed by atoms with van der Waals surface area (Å²) in [6.07, 6.45) is 0. The fourth-order valence-electron chi connectivity index (χ4n) is 0.887. The average Bonchev–Trinajstić information content (AvgIpc) is 2.07. The zero-order valence-electron chi connectivity index (χ0n) is 6.60. The lowest BCUT2D eigenvalue weighted by atomic mass is 10.1. The quantitative estimate of drug-likeness (QED) is 0.796. The molecular weight excluding hydrogens is 225 g/mol. The van der Waals surface area contributed by atoms with Gasteiger partial charge in [-0.3, -0.25) is 4.84 Å². The zero-order chi connectivity index (χ0) is 9.14. The lowest BCUT2D eigenvalue weighted by molar-refractivity contribution is 0.123. The summed E-state index contributed by atoms with van der Waals surface area (Å²) in [5.74, 6) is 4.61. The second kappa shape index (κ2) is 3.98. The van der Waals surface area contributed by atoms with Crippen LogP contribution in [0.15, 0.2) is 16.6 Å². The van der Waals surface area contributed by atoms with E-state index in [9.17, 15) is 4.39 Å². The van der Waals surface area contributed by atoms with Crippen molar-refractivity contribution in [3.05, 3.63) is 33.5 Å². The van der Waals surface area contributed by atoms with E-state index in [1.807, 2.05) is 0 Å². The summed E-state index contributed by atoms with van der Waals surface area (Å²) in [4.78, 5) is 4.41. The molecule has 0 radical (unpaired) electrons. The van der Waals surface area contributed by atoms with E-state index in [-0.39, 0.29) is 12.4 Å². The lowest BCUT2D eigenvalue weighted by Crippen LogP contribution is -2.01. The Labute approximate surface area is 78.6 Å². The molecule has 0 heterocycles. The third kappa shape index (κ3) is 1.83. The summed E-state index contributed by atoms with van der Waals surface area (Å²) in [7, 11) is 0. The minimum Gasteiger partial charge on any atom is -0.300 e. The van der Waals surface area contributed by atoms with Crippen LogP contribution >= 0.6 is 15.9 Å². The zero-order valence-corrected chi connectivity index (χ0v) is 8.19. The van der Waals surface area contributed by atoms with Gasteiger partial charge in [0.2, 0.25) is 0 Å². The summed E-state index contributed by atoms with van der Waals surface area (Å²) in [5.41, 5.74) is 1.31. The van der Waals surface area contributed by atoms with E-state index < -0.39 is 0 Å². The van der Waals surface area contributed by atoms with Crippen molar-refractivity contribution in [2.24, 2.45) is 5.90 Å². The van der Waals surface area contributed by atoms with E-state index >= 15 is 0 Å². The highest BCUT2D eigenvalue weighted by Gasteiger charge is 2.07. The molecular formula is C8H9BrFNO. The van der Waals surface area contributed by atoms with Crippen molar-refractivity contribution < 1.29 is 9.23 Å². The molecule has 0 aromatic heterocycles. The number of hydrogen-bond donors (Lipinski definition) is 1. The van der Waals surface area contributed by atoms with Crippen molar-refractivity contribution in [2.75, 3.05) is 0 Å². The molecule has 1 aromatic rings. The van der Waals surface area contributed by atoms with Crippen molar-refractivity contribution in [1.29, 1.82) is 0 Å². The minimum atomic E-state index is -0.260. The Bertz CT molecular complexity index is 291. The molecule has 0 aliphatic heterocycles. The van der Waals surface area contributed by atoms with Crippen LogP contribution in [0.25, 0.3) is 0 Å². The Kier molecular flexibility index (Phi) is 3.20. The number of hydrogen-bond acceptors (Lipinski definition) is 2. The van der Waals surface area contributed by atoms with Gasteiger partial charge < -0.3 is 0 Å². The number of benzene rings is 1. The fraction of sp³-hybridized carbons (Fsp3) is 0.250. The van der Waals surface area contributed by atoms with Crippen LogP contribution in [0.3, 0.4) is 0 Å². The first-order chi connectivity index (χ1) is 5.66. The topological polar surface area (TPSA) is 35.2 Å². The first kappa shape index (κ1) is 9.64. The maximum absolute atomic E-state index is 13.2. The minimum absolute atomic E-state index is 0.206. The Hall–Kier alpha value is -0.450. The van der Waals surface area contributed by atoms with Crippen molar-refractivity contribution in [1.82, 2.24) is 0 Å². The van der Waals surface area contributed by atoms with Crippen molar-refractivity contribution >= 4 is 15.9 Å². The molecule has 2 nitrogen and oxygen atoms in total. The van der Waals surface area contributed by atoms with Gasteiger partial charge in [-0.15, -0.1) is 0 Å². The summed E-state index contributed by atoms with van der Waals surface area (Å²) in [5, 5.41) is 0. The smallest absolute Gasteiger partial charge is 0.140 e. The highest BCUT2D eigenvalue weighted by molar-refractivity contribution is 9.10. The summed E-state index contributed by atoms with van der Waals surface area (Å²) in [6, 6.07) is 3.46. The number of nitrogens with two attached hydrogens (primary N) is 1. The van der Waals surface area contributed by atoms with Gasteiger partial charge in [0.25, 0.3) is 0 Å². The molecule has 0 saturated heterocycles. The van der Waals surface area contributed by atoms with E-state index in [4.69, 9.17) is 5.90 Å². The molecule has 0 atom stereocenters. The van der Waals surface area contributed by atoms with Crippen molar-refractivity contribution in [2.45, 2.75) is 13.5 Å². The molecule has 0 aliphatic carbocycles. The average molecular weight is 234 g/mol. The maximum Gasteiger partial charge on any atom is 0.140 e. The van der Waals surface area contributed by atoms with Gasteiger partial charge in [0.1, 0.15) is 5.82 Å². The molecule has 0 spiro atoms. The molecule has 0 amide bonds. The van der Waals surface area contributed by atoms with Crippen molar-refractivity contribution in [3.63, 3.8) is 0 Å². The van der Waals surface area contributed by atoms with Crippen LogP contribution in [-0.4, -0.2) is 0 Å². The third-order valence-electron chi connectivity index (χ3n) is 1.59. The largest absolute Gasteiger partial charge is 0.300 e. The molecule has 0 saturated carbocycles. The molecule has 0 unspecified atom stereocenters. The van der Waals surface area contributed by atoms with Gasteiger partial charge in [0.15, 0.2) is 0 Å². The van der Waals surface area contributed by atoms with Crippen molar-refractivity contribution in [3.8, 4) is 0 Å². The van der Waals surface area contributed by atoms with Gasteiger partial charge in [-0.05, 0) is 34.0 Å². The summed E-state index contributed by atoms with van der Waals surface area (Å²) in [6.45, 7) is 1.91. The van der Waals surface area contributed by atoms with E-state index in [0.29, 0.717) is 15.6 Å². The molecule has 12 heavy (non-hydrogen) atoms. The molecule has 1 rings (SSSR count). The van der Waals surface area contributed by atoms with E-state index in [0.717, 1.165) is 0 Å². The molecule has 4 heteroatoms. The molecule has 0 aliphatic rings. The van der Waals surface area contributed by atoms with E-state index in [1.165, 1.54) is 0 Å². The van der Waals surface area contributed by atoms with E-state index in [1.54, 1.807) is 19.1 Å². The summed E-state index contributed by atoms with van der Waals surface area (Å²) < 4.78 is 13.6. The number of halogens is 2. The van der Waals surface area contributed by atoms with Gasteiger partial charge in [0.05, 0.1) is 11.1 Å². The van der Waals surface area contributed by atoms with Gasteiger partial charge in [-0.1, -0.05) is 12.1 Å². The van der Waals surface area contributed by atoms with Crippen LogP contribution in [0, 0.1) is 12.7 Å². The SMILES string of the molecule is Cc1ccc(CON)c(Br)c1F. The Morgan fingerprint density at radius 2 is 2.25 bits per heavy atom. The van der Waals surface area contributed by atoms with Crippen LogP contribution < -0.4 is 5.90 Å². The maximum atomic E-state index is 13.2. The van der Waals surface area contributed by atoms with Gasteiger partial charge in [-0.25, -0.2) is 10.3 Å². The molecule has 1 aromatic carbocycles. The monoisotopic (exact) mass is 233 g/mol. The first-order valence-corrected chi connectivity index (χ1v) is 4.21. The van der Waals surface area contributed by atoms with Crippen LogP contribution in [0.1, 0.15) is 11.1 Å². The lowest BCUT2D eigenvalue weighted by Gasteiger charge is -2.05.